The maximum Gasteiger partial charge on any atom is 0.251 e. The van der Waals surface area contributed by atoms with Crippen LogP contribution in [0.15, 0.2) is 108 Å². The number of benzene rings is 3. The number of amides is 6. The largest absolute Gasteiger partial charge is 0.391 e. The van der Waals surface area contributed by atoms with Crippen molar-refractivity contribution in [3.63, 3.8) is 0 Å². The van der Waals surface area contributed by atoms with E-state index in [2.05, 4.69) is 31.2 Å². The number of aryl methyl sites for hydroxylation is 1. The van der Waals surface area contributed by atoms with Gasteiger partial charge in [0.15, 0.2) is 5.13 Å². The highest BCUT2D eigenvalue weighted by Crippen LogP contribution is 2.30. The number of aliphatic hydroxyl groups is 1. The second-order valence-electron chi connectivity index (χ2n) is 19.6. The number of unbranched alkanes of at least 4 members (excludes halogenated alkanes) is 1. The van der Waals surface area contributed by atoms with E-state index in [0.29, 0.717) is 30.1 Å². The highest BCUT2D eigenvalue weighted by atomic mass is 32.2. The van der Waals surface area contributed by atoms with E-state index < -0.39 is 57.4 Å². The molecule has 22 heteroatoms. The SMILES string of the molecule is Cc1ncsc1-c1ccc(CNC(=O)[C@@H]2C[C@@H](O)CN2C(=O)[C@@H](NC(=O)CCCCC(=O)NCc2ccc(COC[C@@H](C(=O)Nc3nc(-c4ccccc4)cs3)N(C=O)c3ccn(S(C)(=O)=O)c3)cc2)C(C)(C)C)cc1. The van der Waals surface area contributed by atoms with Crippen molar-refractivity contribution < 1.29 is 47.0 Å². The molecule has 4 heterocycles. The third kappa shape index (κ3) is 15.3. The zero-order valence-corrected chi connectivity index (χ0v) is 45.4. The van der Waals surface area contributed by atoms with E-state index in [9.17, 15) is 42.3 Å². The van der Waals surface area contributed by atoms with Gasteiger partial charge in [0, 0.05) is 62.2 Å². The molecule has 3 aromatic heterocycles. The molecule has 402 valence electrons. The summed E-state index contributed by atoms with van der Waals surface area (Å²) in [7, 11) is -3.67. The first-order valence-electron chi connectivity index (χ1n) is 24.7. The zero-order valence-electron chi connectivity index (χ0n) is 42.9. The number of β-amino-alcohol motifs (C(OH)–C–C–N with tert-alkyl or cyclic N) is 1. The number of likely N-dealkylation sites (tertiary alicyclic amines) is 1. The Morgan fingerprint density at radius 3 is 2.17 bits per heavy atom. The van der Waals surface area contributed by atoms with Crippen molar-refractivity contribution in [2.45, 2.75) is 104 Å². The molecule has 1 aliphatic heterocycles. The first-order chi connectivity index (χ1) is 36.3. The zero-order chi connectivity index (χ0) is 54.6. The van der Waals surface area contributed by atoms with Gasteiger partial charge in [-0.05, 0) is 53.5 Å². The van der Waals surface area contributed by atoms with E-state index in [1.165, 1.54) is 34.7 Å². The van der Waals surface area contributed by atoms with Gasteiger partial charge < -0.3 is 36.0 Å². The lowest BCUT2D eigenvalue weighted by atomic mass is 9.85. The Labute approximate surface area is 450 Å². The maximum absolute atomic E-state index is 14.1. The van der Waals surface area contributed by atoms with E-state index in [4.69, 9.17) is 4.74 Å². The number of hydrogen-bond donors (Lipinski definition) is 5. The van der Waals surface area contributed by atoms with Crippen molar-refractivity contribution >= 4 is 79.5 Å². The maximum atomic E-state index is 14.1. The van der Waals surface area contributed by atoms with Gasteiger partial charge in [0.1, 0.15) is 18.1 Å². The minimum atomic E-state index is -3.67. The molecule has 6 aromatic rings. The number of carbonyl (C=O) groups excluding carboxylic acids is 6. The lowest BCUT2D eigenvalue weighted by molar-refractivity contribution is -0.144. The Morgan fingerprint density at radius 1 is 0.882 bits per heavy atom. The number of hydrogen-bond acceptors (Lipinski definition) is 14. The molecule has 0 unspecified atom stereocenters. The van der Waals surface area contributed by atoms with E-state index in [-0.39, 0.29) is 69.6 Å². The fraction of sp³-hybridized carbons (Fsp3) is 0.370. The van der Waals surface area contributed by atoms with Crippen LogP contribution in [0.1, 0.15) is 75.3 Å². The van der Waals surface area contributed by atoms with Gasteiger partial charge >= 0.3 is 0 Å². The van der Waals surface area contributed by atoms with E-state index in [0.717, 1.165) is 53.5 Å². The summed E-state index contributed by atoms with van der Waals surface area (Å²) in [5, 5.41) is 24.2. The van der Waals surface area contributed by atoms with Gasteiger partial charge in [0.2, 0.25) is 40.1 Å². The van der Waals surface area contributed by atoms with Crippen molar-refractivity contribution in [1.29, 1.82) is 0 Å². The Morgan fingerprint density at radius 2 is 1.54 bits per heavy atom. The molecule has 1 aliphatic rings. The quantitative estimate of drug-likeness (QED) is 0.0345. The van der Waals surface area contributed by atoms with Gasteiger partial charge in [0.25, 0.3) is 5.91 Å². The van der Waals surface area contributed by atoms with Crippen LogP contribution in [0.5, 0.6) is 0 Å². The molecule has 7 rings (SSSR count). The first kappa shape index (κ1) is 56.6. The molecule has 4 atom stereocenters. The van der Waals surface area contributed by atoms with Crippen LogP contribution < -0.4 is 26.2 Å². The van der Waals surface area contributed by atoms with Crippen molar-refractivity contribution in [2.75, 3.05) is 29.6 Å². The predicted octanol–water partition coefficient (Wildman–Crippen LogP) is 6.02. The van der Waals surface area contributed by atoms with Gasteiger partial charge in [-0.15, -0.1) is 22.7 Å². The molecular weight excluding hydrogens is 1030 g/mol. The number of thiazole rings is 2. The molecule has 6 amide bonds. The molecule has 19 nitrogen and oxygen atoms in total. The van der Waals surface area contributed by atoms with Crippen LogP contribution in [-0.4, -0.2) is 112 Å². The van der Waals surface area contributed by atoms with Gasteiger partial charge in [-0.25, -0.2) is 18.4 Å². The van der Waals surface area contributed by atoms with E-state index in [1.54, 1.807) is 22.2 Å². The van der Waals surface area contributed by atoms with Gasteiger partial charge in [0.05, 0.1) is 53.0 Å². The molecule has 0 spiro atoms. The van der Waals surface area contributed by atoms with Crippen LogP contribution in [-0.2, 0) is 63.2 Å². The summed E-state index contributed by atoms with van der Waals surface area (Å²) >= 11 is 2.77. The molecular formula is C54H63N9O10S3. The van der Waals surface area contributed by atoms with Crippen molar-refractivity contribution in [3.8, 4) is 21.7 Å². The first-order valence-corrected chi connectivity index (χ1v) is 28.3. The van der Waals surface area contributed by atoms with E-state index in [1.807, 2.05) is 107 Å². The van der Waals surface area contributed by atoms with Gasteiger partial charge in [-0.2, -0.15) is 0 Å². The molecule has 0 radical (unpaired) electrons. The second kappa shape index (κ2) is 25.6. The standard InChI is InChI=1S/C54H63N9O10S3/c1-35-48(75-33-57-35)40-21-19-37(20-22-40)27-56-50(68)44-25-42(65)29-62(44)52(70)49(54(2,3)4)59-47(67)14-10-9-13-46(66)55-26-36-15-17-38(18-16-36)30-73-31-45(63(34-64)41-23-24-61(28-41)76(5,71)72)51(69)60-53-58-43(32-74-53)39-11-7-6-8-12-39/h6-8,11-12,15-24,28,32-34,42,44-45,49,65H,9-10,13-14,25-27,29-31H2,1-5H3,(H,55,66)(H,56,68)(H,59,67)(H,58,60,69)/t42-,44+,45+,49-/m1/s1. The number of rotatable bonds is 24. The normalized spacial score (nSPS) is 15.4. The van der Waals surface area contributed by atoms with Gasteiger partial charge in [-0.3, -0.25) is 37.6 Å². The average Bonchev–Trinajstić information content (AvgIpc) is 4.24. The average molecular weight is 1090 g/mol. The van der Waals surface area contributed by atoms with Crippen molar-refractivity contribution in [2.24, 2.45) is 5.41 Å². The predicted molar refractivity (Wildman–Crippen MR) is 291 cm³/mol. The van der Waals surface area contributed by atoms with Crippen molar-refractivity contribution in [1.82, 2.24) is 34.8 Å². The molecule has 0 bridgehead atoms. The molecule has 1 saturated heterocycles. The molecule has 0 aliphatic carbocycles. The minimum Gasteiger partial charge on any atom is -0.391 e. The summed E-state index contributed by atoms with van der Waals surface area (Å²) in [6.07, 6.45) is 4.19. The number of aliphatic hydroxyl groups excluding tert-OH is 1. The number of ether oxygens (including phenoxy) is 1. The second-order valence-corrected chi connectivity index (χ2v) is 23.2. The van der Waals surface area contributed by atoms with Crippen LogP contribution >= 0.6 is 22.7 Å². The van der Waals surface area contributed by atoms with Crippen LogP contribution in [0.4, 0.5) is 10.8 Å². The number of aromatic nitrogens is 3. The molecule has 1 fully saturated rings. The summed E-state index contributed by atoms with van der Waals surface area (Å²) < 4.78 is 31.3. The topological polar surface area (TPSA) is 251 Å². The van der Waals surface area contributed by atoms with Crippen LogP contribution in [0, 0.1) is 12.3 Å². The Balaban J connectivity index is 0.844. The molecule has 76 heavy (non-hydrogen) atoms. The lowest BCUT2D eigenvalue weighted by Gasteiger charge is -2.35. The van der Waals surface area contributed by atoms with Crippen molar-refractivity contribution in [3.05, 3.63) is 131 Å². The third-order valence-corrected chi connectivity index (χ3v) is 15.4. The fourth-order valence-corrected chi connectivity index (χ4v) is 10.6. The van der Waals surface area contributed by atoms with Crippen LogP contribution in [0.25, 0.3) is 21.7 Å². The minimum absolute atomic E-state index is 0.0399. The van der Waals surface area contributed by atoms with E-state index >= 15 is 0 Å². The summed E-state index contributed by atoms with van der Waals surface area (Å²) in [5.74, 6) is -2.02. The summed E-state index contributed by atoms with van der Waals surface area (Å²) in [4.78, 5) is 92.3. The molecule has 3 aromatic carbocycles. The molecule has 5 N–H and O–H groups in total. The number of nitrogens with zero attached hydrogens (tertiary/aromatic N) is 5. The smallest absolute Gasteiger partial charge is 0.251 e. The van der Waals surface area contributed by atoms with Crippen LogP contribution in [0.2, 0.25) is 0 Å². The number of nitrogens with one attached hydrogen (secondary N) is 4. The third-order valence-electron chi connectivity index (χ3n) is 12.7. The molecule has 0 saturated carbocycles. The Hall–Kier alpha value is -7.11. The summed E-state index contributed by atoms with van der Waals surface area (Å²) in [6, 6.07) is 22.8. The number of carbonyl (C=O) groups is 6. The fourth-order valence-electron chi connectivity index (χ4n) is 8.50. The summed E-state index contributed by atoms with van der Waals surface area (Å²) in [6.45, 7) is 7.67. The lowest BCUT2D eigenvalue weighted by Crippen LogP contribution is -2.57. The highest BCUT2D eigenvalue weighted by molar-refractivity contribution is 7.89. The monoisotopic (exact) mass is 1090 g/mol. The Kier molecular flexibility index (Phi) is 19.1. The highest BCUT2D eigenvalue weighted by Gasteiger charge is 2.44. The summed E-state index contributed by atoms with van der Waals surface area (Å²) in [5.41, 5.74) is 7.17. The Bertz CT molecular complexity index is 3080. The van der Waals surface area contributed by atoms with Crippen LogP contribution in [0.3, 0.4) is 0 Å². The van der Waals surface area contributed by atoms with Gasteiger partial charge in [-0.1, -0.05) is 99.6 Å². The number of anilines is 2.